The van der Waals surface area contributed by atoms with Gasteiger partial charge in [0.2, 0.25) is 0 Å². The van der Waals surface area contributed by atoms with Gasteiger partial charge in [0.25, 0.3) is 0 Å². The number of rotatable bonds is 0. The van der Waals surface area contributed by atoms with Crippen molar-refractivity contribution in [3.05, 3.63) is 0 Å². The summed E-state index contributed by atoms with van der Waals surface area (Å²) in [6, 6.07) is 0. The Labute approximate surface area is 50.9 Å². The molecule has 0 radical (unpaired) electrons. The first-order valence-electron chi connectivity index (χ1n) is 1.39. The van der Waals surface area contributed by atoms with E-state index in [2.05, 4.69) is 12.6 Å². The van der Waals surface area contributed by atoms with E-state index in [0.717, 1.165) is 0 Å². The normalized spacial score (nSPS) is 7.20. The molecule has 0 N–H and O–H groups in total. The third-order valence-electron chi connectivity index (χ3n) is 0. The van der Waals surface area contributed by atoms with E-state index in [0.29, 0.717) is 5.25 Å². The smallest absolute Gasteiger partial charge is 0.790 e. The fourth-order valence-corrected chi connectivity index (χ4v) is 0. The second-order valence-corrected chi connectivity index (χ2v) is 1.99. The van der Waals surface area contributed by atoms with Crippen LogP contribution in [-0.2, 0) is 12.6 Å². The van der Waals surface area contributed by atoms with Crippen molar-refractivity contribution in [1.29, 1.82) is 0 Å². The second-order valence-electron chi connectivity index (χ2n) is 1.05. The van der Waals surface area contributed by atoms with Crippen molar-refractivity contribution in [2.75, 3.05) is 0 Å². The predicted molar refractivity (Wildman–Crippen MR) is 22.5 cm³/mol. The average Bonchev–Trinajstić information content (AvgIpc) is 0.811. The third-order valence-corrected chi connectivity index (χ3v) is 0. The molecule has 26 valence electrons. The van der Waals surface area contributed by atoms with E-state index in [1.54, 1.807) is 0 Å². The van der Waals surface area contributed by atoms with Gasteiger partial charge in [0, 0.05) is 0 Å². The molecule has 0 amide bonds. The number of hydrogen-bond acceptors (Lipinski definition) is 1. The van der Waals surface area contributed by atoms with Crippen molar-refractivity contribution in [3.63, 3.8) is 0 Å². The Morgan fingerprint density at radius 3 is 1.40 bits per heavy atom. The van der Waals surface area contributed by atoms with Crippen LogP contribution in [0, 0.1) is 0 Å². The summed E-state index contributed by atoms with van der Waals surface area (Å²) in [4.78, 5) is 0. The van der Waals surface area contributed by atoms with Crippen molar-refractivity contribution >= 4 is 12.6 Å². The van der Waals surface area contributed by atoms with E-state index in [4.69, 9.17) is 0 Å². The molecule has 0 aromatic rings. The zero-order chi connectivity index (χ0) is 3.58. The van der Waals surface area contributed by atoms with Gasteiger partial charge in [-0.05, 0) is 0 Å². The summed E-state index contributed by atoms with van der Waals surface area (Å²) >= 11 is 4.62. The molecule has 2 heteroatoms. The fourth-order valence-electron chi connectivity index (χ4n) is 0. The molecule has 0 fully saturated rings. The second kappa shape index (κ2) is 4.95. The molecular formula is C3H7LiS. The van der Waals surface area contributed by atoms with Crippen LogP contribution < -0.4 is 18.9 Å². The predicted octanol–water partition coefficient (Wildman–Crippen LogP) is -2.05. The standard InChI is InChI=1S/C3H8S.Li/c1-3(2)4;/h3-4H,1-2H3;/q;+1/p-1. The van der Waals surface area contributed by atoms with E-state index in [1.165, 1.54) is 0 Å². The molecule has 0 bridgehead atoms. The maximum atomic E-state index is 4.62. The molecule has 0 atom stereocenters. The van der Waals surface area contributed by atoms with Crippen LogP contribution in [0.1, 0.15) is 13.8 Å². The molecule has 0 aromatic heterocycles. The van der Waals surface area contributed by atoms with Crippen LogP contribution in [0.2, 0.25) is 0 Å². The quantitative estimate of drug-likeness (QED) is 0.239. The Hall–Kier alpha value is 0.947. The molecule has 0 heterocycles. The van der Waals surface area contributed by atoms with Gasteiger partial charge in [0.15, 0.2) is 0 Å². The Morgan fingerprint density at radius 1 is 1.40 bits per heavy atom. The number of hydrogen-bond donors (Lipinski definition) is 0. The first-order valence-corrected chi connectivity index (χ1v) is 1.86. The van der Waals surface area contributed by atoms with Gasteiger partial charge in [-0.15, -0.1) is 0 Å². The van der Waals surface area contributed by atoms with Gasteiger partial charge in [0.05, 0.1) is 0 Å². The van der Waals surface area contributed by atoms with E-state index >= 15 is 0 Å². The molecule has 0 saturated carbocycles. The average molecular weight is 82.1 g/mol. The summed E-state index contributed by atoms with van der Waals surface area (Å²) in [5, 5.41) is 0.417. The summed E-state index contributed by atoms with van der Waals surface area (Å²) < 4.78 is 0. The van der Waals surface area contributed by atoms with Crippen LogP contribution in [0.15, 0.2) is 0 Å². The van der Waals surface area contributed by atoms with Crippen LogP contribution in [0.5, 0.6) is 0 Å². The summed E-state index contributed by atoms with van der Waals surface area (Å²) in [5.74, 6) is 0. The molecular weight excluding hydrogens is 75.0 g/mol. The van der Waals surface area contributed by atoms with Gasteiger partial charge in [-0.25, -0.2) is 0 Å². The van der Waals surface area contributed by atoms with Gasteiger partial charge < -0.3 is 12.6 Å². The zero-order valence-corrected chi connectivity index (χ0v) is 4.80. The minimum atomic E-state index is 0. The van der Waals surface area contributed by atoms with Crippen LogP contribution >= 0.6 is 0 Å². The van der Waals surface area contributed by atoms with Gasteiger partial charge in [0.1, 0.15) is 0 Å². The molecule has 0 nitrogen and oxygen atoms in total. The molecule has 0 saturated heterocycles. The summed E-state index contributed by atoms with van der Waals surface area (Å²) in [6.45, 7) is 3.96. The molecule has 0 rings (SSSR count). The Morgan fingerprint density at radius 2 is 1.40 bits per heavy atom. The van der Waals surface area contributed by atoms with Crippen molar-refractivity contribution in [1.82, 2.24) is 0 Å². The Balaban J connectivity index is 0. The first-order chi connectivity index (χ1) is 1.73. The van der Waals surface area contributed by atoms with Crippen molar-refractivity contribution in [2.24, 2.45) is 0 Å². The van der Waals surface area contributed by atoms with Crippen molar-refractivity contribution < 1.29 is 18.9 Å². The molecule has 5 heavy (non-hydrogen) atoms. The fraction of sp³-hybridized carbons (Fsp3) is 1.00. The molecule has 0 aliphatic carbocycles. The zero-order valence-electron chi connectivity index (χ0n) is 3.99. The third kappa shape index (κ3) is 47.9. The first kappa shape index (κ1) is 9.34. The van der Waals surface area contributed by atoms with Gasteiger partial charge in [-0.1, -0.05) is 13.8 Å². The van der Waals surface area contributed by atoms with E-state index in [1.807, 2.05) is 13.8 Å². The minimum Gasteiger partial charge on any atom is -0.790 e. The van der Waals surface area contributed by atoms with Gasteiger partial charge >= 0.3 is 18.9 Å². The Kier molecular flexibility index (Phi) is 9.24. The van der Waals surface area contributed by atoms with Crippen molar-refractivity contribution in [2.45, 2.75) is 19.1 Å². The van der Waals surface area contributed by atoms with Gasteiger partial charge in [-0.3, -0.25) is 0 Å². The van der Waals surface area contributed by atoms with Crippen LogP contribution in [0.4, 0.5) is 0 Å². The summed E-state index contributed by atoms with van der Waals surface area (Å²) in [7, 11) is 0. The monoisotopic (exact) mass is 82.0 g/mol. The Bertz CT molecular complexity index is 11.6. The maximum Gasteiger partial charge on any atom is 1.00 e. The van der Waals surface area contributed by atoms with E-state index < -0.39 is 0 Å². The van der Waals surface area contributed by atoms with Crippen LogP contribution in [0.25, 0.3) is 0 Å². The van der Waals surface area contributed by atoms with Crippen molar-refractivity contribution in [3.8, 4) is 0 Å². The molecule has 0 unspecified atom stereocenters. The minimum absolute atomic E-state index is 0. The summed E-state index contributed by atoms with van der Waals surface area (Å²) in [5.41, 5.74) is 0. The van der Waals surface area contributed by atoms with E-state index in [-0.39, 0.29) is 18.9 Å². The topological polar surface area (TPSA) is 0 Å². The maximum absolute atomic E-state index is 4.62. The van der Waals surface area contributed by atoms with Crippen LogP contribution in [0.3, 0.4) is 0 Å². The van der Waals surface area contributed by atoms with E-state index in [9.17, 15) is 0 Å². The molecule has 0 aliphatic heterocycles. The molecule has 0 aromatic carbocycles. The molecule has 0 spiro atoms. The SMILES string of the molecule is CC(C)[S-].[Li+]. The molecule has 0 aliphatic rings. The largest absolute Gasteiger partial charge is 1.00 e. The van der Waals surface area contributed by atoms with Crippen LogP contribution in [-0.4, -0.2) is 5.25 Å². The summed E-state index contributed by atoms with van der Waals surface area (Å²) in [6.07, 6.45) is 0. The van der Waals surface area contributed by atoms with Gasteiger partial charge in [-0.2, -0.15) is 5.25 Å².